The number of nitrogens with zero attached hydrogens (tertiary/aromatic N) is 7. The minimum absolute atomic E-state index is 0.0929. The van der Waals surface area contributed by atoms with Crippen molar-refractivity contribution in [1.29, 1.82) is 10.5 Å². The van der Waals surface area contributed by atoms with E-state index >= 15 is 0 Å². The second kappa shape index (κ2) is 16.5. The fraction of sp³-hybridized carbons (Fsp3) is 0.200. The van der Waals surface area contributed by atoms with Crippen LogP contribution in [-0.2, 0) is 0 Å². The molecule has 0 spiro atoms. The van der Waals surface area contributed by atoms with E-state index in [4.69, 9.17) is 38.5 Å². The van der Waals surface area contributed by atoms with Gasteiger partial charge in [0.2, 0.25) is 0 Å². The number of amides is 4. The number of urea groups is 2. The van der Waals surface area contributed by atoms with E-state index in [1.165, 1.54) is 43.0 Å². The summed E-state index contributed by atoms with van der Waals surface area (Å²) in [5.74, 6) is 0.847. The van der Waals surface area contributed by atoms with Crippen LogP contribution in [0.1, 0.15) is 24.2 Å². The van der Waals surface area contributed by atoms with Crippen LogP contribution in [-0.4, -0.2) is 68.2 Å². The number of nitrogens with one attached hydrogen (secondary N) is 4. The van der Waals surface area contributed by atoms with Gasteiger partial charge < -0.3 is 25.4 Å². The molecule has 1 aliphatic rings. The number of nitriles is 2. The Balaban J connectivity index is 0.000000223. The number of aromatic hydroxyl groups is 1. The van der Waals surface area contributed by atoms with Crippen LogP contribution in [0.2, 0.25) is 10.0 Å². The molecule has 3 heterocycles. The lowest BCUT2D eigenvalue weighted by Crippen LogP contribution is -2.35. The Morgan fingerprint density at radius 2 is 1.32 bits per heavy atom. The Morgan fingerprint density at radius 3 is 1.83 bits per heavy atom. The van der Waals surface area contributed by atoms with Gasteiger partial charge in [0.1, 0.15) is 29.7 Å². The first-order chi connectivity index (χ1) is 22.6. The first-order valence-electron chi connectivity index (χ1n) is 13.9. The zero-order valence-electron chi connectivity index (χ0n) is 24.7. The average molecular weight is 677 g/mol. The fourth-order valence-electron chi connectivity index (χ4n) is 4.03. The Labute approximate surface area is 279 Å². The van der Waals surface area contributed by atoms with Crippen molar-refractivity contribution in [3.05, 3.63) is 82.6 Å². The second-order valence-corrected chi connectivity index (χ2v) is 10.8. The largest absolute Gasteiger partial charge is 0.506 e. The predicted octanol–water partition coefficient (Wildman–Crippen LogP) is 5.47. The molecule has 17 heteroatoms. The van der Waals surface area contributed by atoms with E-state index in [0.29, 0.717) is 21.5 Å². The molecule has 1 saturated heterocycles. The van der Waals surface area contributed by atoms with Crippen molar-refractivity contribution in [3.63, 3.8) is 0 Å². The fourth-order valence-corrected chi connectivity index (χ4v) is 4.38. The van der Waals surface area contributed by atoms with Crippen LogP contribution in [0.3, 0.4) is 0 Å². The highest BCUT2D eigenvalue weighted by atomic mass is 35.5. The summed E-state index contributed by atoms with van der Waals surface area (Å²) in [6.07, 6.45) is 7.00. The summed E-state index contributed by atoms with van der Waals surface area (Å²) in [6.45, 7) is 1.94. The molecule has 4 aromatic rings. The quantitative estimate of drug-likeness (QED) is 0.161. The lowest BCUT2D eigenvalue weighted by atomic mass is 10.1. The molecule has 15 nitrogen and oxygen atoms in total. The van der Waals surface area contributed by atoms with E-state index < -0.39 is 12.1 Å². The van der Waals surface area contributed by atoms with Gasteiger partial charge in [-0.05, 0) is 56.3 Å². The molecule has 2 aromatic carbocycles. The van der Waals surface area contributed by atoms with Crippen LogP contribution in [0.5, 0.6) is 11.5 Å². The van der Waals surface area contributed by atoms with E-state index in [2.05, 4.69) is 53.2 Å². The molecule has 0 saturated carbocycles. The third-order valence-electron chi connectivity index (χ3n) is 6.37. The number of hydrogen-bond donors (Lipinski definition) is 5. The summed E-state index contributed by atoms with van der Waals surface area (Å²) in [5, 5.41) is 37.8. The summed E-state index contributed by atoms with van der Waals surface area (Å²) in [7, 11) is 2.09. The first kappa shape index (κ1) is 34.1. The highest BCUT2D eigenvalue weighted by Gasteiger charge is 2.20. The third-order valence-corrected chi connectivity index (χ3v) is 6.84. The molecular weight excluding hydrogens is 649 g/mol. The Bertz CT molecular complexity index is 1790. The molecule has 0 radical (unpaired) electrons. The number of hydrogen-bond acceptors (Lipinski definition) is 11. The number of aromatic nitrogens is 4. The van der Waals surface area contributed by atoms with Gasteiger partial charge in [-0.3, -0.25) is 10.6 Å². The Morgan fingerprint density at radius 1 is 0.809 bits per heavy atom. The van der Waals surface area contributed by atoms with Gasteiger partial charge in [-0.25, -0.2) is 29.5 Å². The lowest BCUT2D eigenvalue weighted by molar-refractivity contribution is 0.115. The van der Waals surface area contributed by atoms with Crippen molar-refractivity contribution in [2.45, 2.75) is 18.9 Å². The molecule has 1 aliphatic heterocycles. The monoisotopic (exact) mass is 675 g/mol. The van der Waals surface area contributed by atoms with Crippen LogP contribution >= 0.6 is 23.2 Å². The zero-order chi connectivity index (χ0) is 33.8. The maximum atomic E-state index is 12.3. The Kier molecular flexibility index (Phi) is 12.0. The third kappa shape index (κ3) is 10.7. The molecule has 2 aromatic heterocycles. The molecular formula is C30H27Cl2N11O4. The number of rotatable bonds is 6. The van der Waals surface area contributed by atoms with Crippen molar-refractivity contribution in [3.8, 4) is 23.6 Å². The van der Waals surface area contributed by atoms with E-state index in [-0.39, 0.29) is 40.6 Å². The maximum absolute atomic E-state index is 12.3. The van der Waals surface area contributed by atoms with Crippen molar-refractivity contribution >= 4 is 58.3 Å². The molecule has 0 unspecified atom stereocenters. The van der Waals surface area contributed by atoms with Gasteiger partial charge in [-0.1, -0.05) is 23.2 Å². The molecule has 0 bridgehead atoms. The number of phenols is 1. The molecule has 5 N–H and O–H groups in total. The van der Waals surface area contributed by atoms with Crippen LogP contribution in [0, 0.1) is 22.7 Å². The van der Waals surface area contributed by atoms with E-state index in [1.54, 1.807) is 18.2 Å². The minimum Gasteiger partial charge on any atom is -0.506 e. The van der Waals surface area contributed by atoms with Crippen LogP contribution in [0.25, 0.3) is 0 Å². The number of phenolic OH excluding ortho intramolecular Hbond substituents is 1. The topological polar surface area (TPSA) is 214 Å². The van der Waals surface area contributed by atoms with Crippen molar-refractivity contribution < 1.29 is 19.4 Å². The predicted molar refractivity (Wildman–Crippen MR) is 174 cm³/mol. The van der Waals surface area contributed by atoms with Crippen molar-refractivity contribution in [1.82, 2.24) is 24.8 Å². The minimum atomic E-state index is -0.624. The van der Waals surface area contributed by atoms with Gasteiger partial charge in [-0.15, -0.1) is 0 Å². The molecule has 4 amide bonds. The number of benzene rings is 2. The number of likely N-dealkylation sites (tertiary alicyclic amines) is 1. The summed E-state index contributed by atoms with van der Waals surface area (Å²) < 4.78 is 6.08. The van der Waals surface area contributed by atoms with Crippen molar-refractivity contribution in [2.24, 2.45) is 0 Å². The molecule has 240 valence electrons. The Hall–Kier alpha value is -5.74. The van der Waals surface area contributed by atoms with Gasteiger partial charge in [0.05, 0.1) is 36.2 Å². The number of anilines is 4. The summed E-state index contributed by atoms with van der Waals surface area (Å²) in [4.78, 5) is 41.6. The zero-order valence-corrected chi connectivity index (χ0v) is 26.2. The lowest BCUT2D eigenvalue weighted by Gasteiger charge is -2.30. The maximum Gasteiger partial charge on any atom is 0.325 e. The van der Waals surface area contributed by atoms with E-state index in [9.17, 15) is 14.7 Å². The van der Waals surface area contributed by atoms with Gasteiger partial charge in [-0.2, -0.15) is 10.5 Å². The van der Waals surface area contributed by atoms with Gasteiger partial charge in [0.15, 0.2) is 23.0 Å². The summed E-state index contributed by atoms with van der Waals surface area (Å²) >= 11 is 11.8. The normalized spacial score (nSPS) is 12.7. The van der Waals surface area contributed by atoms with E-state index in [0.717, 1.165) is 25.9 Å². The van der Waals surface area contributed by atoms with Crippen LogP contribution in [0.15, 0.2) is 61.2 Å². The van der Waals surface area contributed by atoms with Gasteiger partial charge in [0.25, 0.3) is 0 Å². The smallest absolute Gasteiger partial charge is 0.325 e. The molecule has 0 aliphatic carbocycles. The van der Waals surface area contributed by atoms with Gasteiger partial charge >= 0.3 is 12.1 Å². The summed E-state index contributed by atoms with van der Waals surface area (Å²) in [5.41, 5.74) is 0.949. The number of halogens is 2. The number of carbonyl (C=O) groups is 2. The van der Waals surface area contributed by atoms with Crippen LogP contribution < -0.4 is 26.0 Å². The molecule has 0 atom stereocenters. The van der Waals surface area contributed by atoms with E-state index in [1.807, 2.05) is 12.1 Å². The second-order valence-electron chi connectivity index (χ2n) is 9.88. The van der Waals surface area contributed by atoms with Crippen LogP contribution in [0.4, 0.5) is 32.6 Å². The standard InChI is InChI=1S/C18H19ClN6O2.C12H8ClN5O2/c1-25-6-4-14(5-7-25)27-16-3-2-12(19)8-15(16)23-18(26)24-17-11-21-13(9-20)10-22-17;13-7-1-2-10(19)9(3-7)17-12(20)18-11-6-15-8(4-14)5-16-11/h2-3,8,10-11,14H,4-7H2,1H3,(H2,22,23,24,26);1-3,5-6,19H,(H2,16,17,18,20). The SMILES string of the molecule is CN1CCC(Oc2ccc(Cl)cc2NC(=O)Nc2cnc(C#N)cn2)CC1.N#Cc1cnc(NC(=O)Nc2cc(Cl)ccc2O)cn1. The number of ether oxygens (including phenoxy) is 1. The highest BCUT2D eigenvalue weighted by Crippen LogP contribution is 2.31. The first-order valence-corrected chi connectivity index (χ1v) is 14.6. The van der Waals surface area contributed by atoms with Crippen molar-refractivity contribution in [2.75, 3.05) is 41.4 Å². The number of piperidine rings is 1. The van der Waals surface area contributed by atoms with Gasteiger partial charge in [0, 0.05) is 23.1 Å². The molecule has 1 fully saturated rings. The molecule has 5 rings (SSSR count). The summed E-state index contributed by atoms with van der Waals surface area (Å²) in [6, 6.07) is 11.9. The highest BCUT2D eigenvalue weighted by molar-refractivity contribution is 6.31. The number of carbonyl (C=O) groups excluding carboxylic acids is 2. The average Bonchev–Trinajstić information content (AvgIpc) is 3.06. The molecule has 47 heavy (non-hydrogen) atoms.